The summed E-state index contributed by atoms with van der Waals surface area (Å²) in [4.78, 5) is 0.154. The van der Waals surface area contributed by atoms with Gasteiger partial charge in [0.05, 0.1) is 10.6 Å². The van der Waals surface area contributed by atoms with Crippen molar-refractivity contribution >= 4 is 9.84 Å². The average molecular weight is 231 g/mol. The van der Waals surface area contributed by atoms with Gasteiger partial charge in [0.2, 0.25) is 0 Å². The molecule has 15 heavy (non-hydrogen) atoms. The highest BCUT2D eigenvalue weighted by Gasteiger charge is 2.18. The lowest BCUT2D eigenvalue weighted by atomic mass is 10.2. The van der Waals surface area contributed by atoms with Crippen molar-refractivity contribution in [2.75, 3.05) is 5.75 Å². The molecule has 0 aromatic heterocycles. The summed E-state index contributed by atoms with van der Waals surface area (Å²) in [5, 5.41) is 0. The Balaban J connectivity index is 3.16. The van der Waals surface area contributed by atoms with E-state index in [4.69, 9.17) is 5.73 Å². The van der Waals surface area contributed by atoms with Crippen molar-refractivity contribution in [3.8, 4) is 0 Å². The summed E-state index contributed by atoms with van der Waals surface area (Å²) in [6.07, 6.45) is 0. The van der Waals surface area contributed by atoms with Crippen molar-refractivity contribution in [2.24, 2.45) is 5.73 Å². The van der Waals surface area contributed by atoms with E-state index in [0.717, 1.165) is 6.07 Å². The van der Waals surface area contributed by atoms with Gasteiger partial charge in [-0.2, -0.15) is 0 Å². The molecule has 0 aliphatic heterocycles. The molecular weight excluding hydrogens is 217 g/mol. The van der Waals surface area contributed by atoms with E-state index in [9.17, 15) is 12.8 Å². The van der Waals surface area contributed by atoms with Gasteiger partial charge in [0.1, 0.15) is 5.82 Å². The number of aryl methyl sites for hydroxylation is 1. The standard InChI is InChI=1S/C10H14FNO2S/c1-7-5-9(11)3-4-10(7)15(13,14)6-8(2)12/h3-5,8H,6,12H2,1-2H3. The molecule has 0 aliphatic rings. The Hall–Kier alpha value is -0.940. The first kappa shape index (κ1) is 12.1. The SMILES string of the molecule is Cc1cc(F)ccc1S(=O)(=O)CC(C)N. The molecule has 1 aromatic carbocycles. The summed E-state index contributed by atoms with van der Waals surface area (Å²) in [5.41, 5.74) is 5.86. The van der Waals surface area contributed by atoms with Crippen LogP contribution in [-0.4, -0.2) is 20.2 Å². The smallest absolute Gasteiger partial charge is 0.180 e. The van der Waals surface area contributed by atoms with Crippen LogP contribution in [0.5, 0.6) is 0 Å². The van der Waals surface area contributed by atoms with Crippen LogP contribution in [0.2, 0.25) is 0 Å². The number of benzene rings is 1. The van der Waals surface area contributed by atoms with Gasteiger partial charge in [-0.15, -0.1) is 0 Å². The molecule has 1 atom stereocenters. The zero-order chi connectivity index (χ0) is 11.6. The Morgan fingerprint density at radius 3 is 2.53 bits per heavy atom. The molecule has 3 nitrogen and oxygen atoms in total. The van der Waals surface area contributed by atoms with Gasteiger partial charge in [-0.3, -0.25) is 0 Å². The maximum absolute atomic E-state index is 12.8. The molecule has 0 bridgehead atoms. The van der Waals surface area contributed by atoms with Gasteiger partial charge < -0.3 is 5.73 Å². The number of nitrogens with two attached hydrogens (primary N) is 1. The molecular formula is C10H14FNO2S. The first-order valence-corrected chi connectivity index (χ1v) is 6.22. The van der Waals surface area contributed by atoms with E-state index in [1.807, 2.05) is 0 Å². The van der Waals surface area contributed by atoms with E-state index in [1.165, 1.54) is 12.1 Å². The van der Waals surface area contributed by atoms with Gasteiger partial charge in [-0.1, -0.05) is 0 Å². The van der Waals surface area contributed by atoms with Gasteiger partial charge in [0.15, 0.2) is 9.84 Å². The van der Waals surface area contributed by atoms with E-state index >= 15 is 0 Å². The van der Waals surface area contributed by atoms with Crippen LogP contribution in [0.25, 0.3) is 0 Å². The fourth-order valence-electron chi connectivity index (χ4n) is 1.40. The summed E-state index contributed by atoms with van der Waals surface area (Å²) in [6.45, 7) is 3.19. The summed E-state index contributed by atoms with van der Waals surface area (Å²) < 4.78 is 36.3. The molecule has 84 valence electrons. The molecule has 1 rings (SSSR count). The van der Waals surface area contributed by atoms with Crippen molar-refractivity contribution in [1.82, 2.24) is 0 Å². The van der Waals surface area contributed by atoms with Gasteiger partial charge >= 0.3 is 0 Å². The Morgan fingerprint density at radius 2 is 2.07 bits per heavy atom. The Kier molecular flexibility index (Phi) is 3.46. The first-order chi connectivity index (χ1) is 6.83. The van der Waals surface area contributed by atoms with Gasteiger partial charge in [0.25, 0.3) is 0 Å². The second-order valence-corrected chi connectivity index (χ2v) is 5.67. The molecule has 0 saturated heterocycles. The van der Waals surface area contributed by atoms with Crippen molar-refractivity contribution < 1.29 is 12.8 Å². The van der Waals surface area contributed by atoms with Crippen LogP contribution >= 0.6 is 0 Å². The van der Waals surface area contributed by atoms with E-state index < -0.39 is 21.7 Å². The minimum atomic E-state index is -3.40. The van der Waals surface area contributed by atoms with Crippen molar-refractivity contribution in [3.05, 3.63) is 29.6 Å². The molecule has 2 N–H and O–H groups in total. The molecule has 0 amide bonds. The highest BCUT2D eigenvalue weighted by molar-refractivity contribution is 7.91. The van der Waals surface area contributed by atoms with E-state index in [0.29, 0.717) is 5.56 Å². The summed E-state index contributed by atoms with van der Waals surface area (Å²) in [5.74, 6) is -0.563. The van der Waals surface area contributed by atoms with Crippen LogP contribution < -0.4 is 5.73 Å². The molecule has 0 saturated carbocycles. The summed E-state index contributed by atoms with van der Waals surface area (Å²) in [7, 11) is -3.40. The number of hydrogen-bond donors (Lipinski definition) is 1. The maximum atomic E-state index is 12.8. The minimum absolute atomic E-state index is 0.126. The van der Waals surface area contributed by atoms with Gasteiger partial charge in [-0.25, -0.2) is 12.8 Å². The molecule has 0 radical (unpaired) electrons. The second-order valence-electron chi connectivity index (χ2n) is 3.67. The van der Waals surface area contributed by atoms with Crippen LogP contribution in [0.3, 0.4) is 0 Å². The van der Waals surface area contributed by atoms with Gasteiger partial charge in [-0.05, 0) is 37.6 Å². The molecule has 1 unspecified atom stereocenters. The molecule has 0 aliphatic carbocycles. The van der Waals surface area contributed by atoms with Gasteiger partial charge in [0, 0.05) is 6.04 Å². The molecule has 0 spiro atoms. The van der Waals surface area contributed by atoms with Crippen LogP contribution in [0.1, 0.15) is 12.5 Å². The minimum Gasteiger partial charge on any atom is -0.327 e. The lowest BCUT2D eigenvalue weighted by molar-refractivity contribution is 0.588. The first-order valence-electron chi connectivity index (χ1n) is 4.57. The maximum Gasteiger partial charge on any atom is 0.180 e. The van der Waals surface area contributed by atoms with Crippen molar-refractivity contribution in [2.45, 2.75) is 24.8 Å². The topological polar surface area (TPSA) is 60.2 Å². The van der Waals surface area contributed by atoms with Crippen LogP contribution in [0, 0.1) is 12.7 Å². The normalized spacial score (nSPS) is 13.9. The third-order valence-corrected chi connectivity index (χ3v) is 4.05. The Labute approximate surface area is 89.0 Å². The highest BCUT2D eigenvalue weighted by Crippen LogP contribution is 2.17. The lowest BCUT2D eigenvalue weighted by Crippen LogP contribution is -2.26. The summed E-state index contributed by atoms with van der Waals surface area (Å²) >= 11 is 0. The third-order valence-electron chi connectivity index (χ3n) is 1.95. The summed E-state index contributed by atoms with van der Waals surface area (Å²) in [6, 6.07) is 3.19. The molecule has 0 heterocycles. The van der Waals surface area contributed by atoms with E-state index in [2.05, 4.69) is 0 Å². The highest BCUT2D eigenvalue weighted by atomic mass is 32.2. The second kappa shape index (κ2) is 4.28. The number of halogens is 1. The number of rotatable bonds is 3. The molecule has 5 heteroatoms. The van der Waals surface area contributed by atoms with E-state index in [1.54, 1.807) is 13.8 Å². The zero-order valence-electron chi connectivity index (χ0n) is 8.70. The number of sulfone groups is 1. The predicted molar refractivity (Wildman–Crippen MR) is 56.8 cm³/mol. The monoisotopic (exact) mass is 231 g/mol. The average Bonchev–Trinajstić information content (AvgIpc) is 1.99. The Morgan fingerprint density at radius 1 is 1.47 bits per heavy atom. The fraction of sp³-hybridized carbons (Fsp3) is 0.400. The van der Waals surface area contributed by atoms with Crippen molar-refractivity contribution in [3.63, 3.8) is 0 Å². The zero-order valence-corrected chi connectivity index (χ0v) is 9.51. The van der Waals surface area contributed by atoms with E-state index in [-0.39, 0.29) is 10.6 Å². The largest absolute Gasteiger partial charge is 0.327 e. The quantitative estimate of drug-likeness (QED) is 0.796. The van der Waals surface area contributed by atoms with Crippen LogP contribution in [-0.2, 0) is 9.84 Å². The fourth-order valence-corrected chi connectivity index (χ4v) is 3.09. The third kappa shape index (κ3) is 3.00. The van der Waals surface area contributed by atoms with Crippen LogP contribution in [0.4, 0.5) is 4.39 Å². The van der Waals surface area contributed by atoms with Crippen molar-refractivity contribution in [1.29, 1.82) is 0 Å². The Bertz CT molecular complexity index is 454. The molecule has 1 aromatic rings. The predicted octanol–water partition coefficient (Wildman–Crippen LogP) is 1.26. The molecule has 0 fully saturated rings. The van der Waals surface area contributed by atoms with Crippen LogP contribution in [0.15, 0.2) is 23.1 Å². The number of hydrogen-bond acceptors (Lipinski definition) is 3. The lowest BCUT2D eigenvalue weighted by Gasteiger charge is -2.09.